The van der Waals surface area contributed by atoms with Crippen LogP contribution in [0.2, 0.25) is 0 Å². The summed E-state index contributed by atoms with van der Waals surface area (Å²) in [6.07, 6.45) is 11.0. The highest BCUT2D eigenvalue weighted by Gasteiger charge is 2.50. The van der Waals surface area contributed by atoms with E-state index in [4.69, 9.17) is 5.73 Å². The summed E-state index contributed by atoms with van der Waals surface area (Å²) in [5, 5.41) is 11.1. The average Bonchev–Trinajstić information content (AvgIpc) is 2.74. The molecule has 0 saturated heterocycles. The molecule has 0 spiro atoms. The van der Waals surface area contributed by atoms with Gasteiger partial charge in [0.25, 0.3) is 0 Å². The summed E-state index contributed by atoms with van der Waals surface area (Å²) >= 11 is 1.80. The van der Waals surface area contributed by atoms with E-state index in [1.807, 2.05) is 0 Å². The Kier molecular flexibility index (Phi) is 2.92. The van der Waals surface area contributed by atoms with Gasteiger partial charge in [0, 0.05) is 12.8 Å². The summed E-state index contributed by atoms with van der Waals surface area (Å²) in [5.41, 5.74) is 6.19. The second-order valence-corrected chi connectivity index (χ2v) is 8.37. The van der Waals surface area contributed by atoms with Crippen LogP contribution in [-0.4, -0.2) is 16.7 Å². The van der Waals surface area contributed by atoms with Gasteiger partial charge >= 0.3 is 0 Å². The van der Waals surface area contributed by atoms with Crippen LogP contribution in [0.5, 0.6) is 0 Å². The van der Waals surface area contributed by atoms with Crippen LogP contribution in [0.25, 0.3) is 0 Å². The fraction of sp³-hybridized carbons (Fsp3) is 0.867. The summed E-state index contributed by atoms with van der Waals surface area (Å²) in [4.78, 5) is 0. The maximum Gasteiger partial charge on any atom is 0.118 e. The van der Waals surface area contributed by atoms with Crippen LogP contribution in [0.1, 0.15) is 48.5 Å². The molecule has 4 aliphatic rings. The van der Waals surface area contributed by atoms with Crippen LogP contribution in [-0.2, 0) is 12.8 Å². The molecule has 0 radical (unpaired) electrons. The first-order valence-electron chi connectivity index (χ1n) is 7.76. The van der Waals surface area contributed by atoms with Crippen LogP contribution in [0, 0.1) is 23.2 Å². The predicted molar refractivity (Wildman–Crippen MR) is 77.0 cm³/mol. The Morgan fingerprint density at radius 3 is 2.16 bits per heavy atom. The number of nitrogens with zero attached hydrogens (tertiary/aromatic N) is 2. The first-order chi connectivity index (χ1) is 9.25. The van der Waals surface area contributed by atoms with E-state index >= 15 is 0 Å². The highest BCUT2D eigenvalue weighted by atomic mass is 32.1. The van der Waals surface area contributed by atoms with E-state index in [0.29, 0.717) is 12.0 Å². The van der Waals surface area contributed by atoms with Gasteiger partial charge in [-0.25, -0.2) is 0 Å². The first kappa shape index (κ1) is 12.3. The first-order valence-corrected chi connectivity index (χ1v) is 8.58. The molecule has 4 heteroatoms. The van der Waals surface area contributed by atoms with Crippen molar-refractivity contribution in [2.75, 3.05) is 6.54 Å². The molecule has 0 aliphatic heterocycles. The molecular weight excluding hydrogens is 254 g/mol. The molecular formula is C15H23N3S. The van der Waals surface area contributed by atoms with Crippen molar-refractivity contribution in [1.29, 1.82) is 0 Å². The minimum atomic E-state index is 0.592. The third kappa shape index (κ3) is 2.23. The molecule has 4 bridgehead atoms. The zero-order valence-corrected chi connectivity index (χ0v) is 12.3. The number of nitrogens with two attached hydrogens (primary N) is 1. The standard InChI is InChI=1S/C15H23N3S/c16-2-1-13-17-18-14(19-13)9-15-6-10-3-11(7-15)5-12(4-10)8-15/h10-12H,1-9,16H2. The zero-order chi connectivity index (χ0) is 12.9. The van der Waals surface area contributed by atoms with Crippen LogP contribution < -0.4 is 5.73 Å². The van der Waals surface area contributed by atoms with Gasteiger partial charge in [0.2, 0.25) is 0 Å². The topological polar surface area (TPSA) is 51.8 Å². The van der Waals surface area contributed by atoms with Crippen molar-refractivity contribution in [3.05, 3.63) is 10.0 Å². The Morgan fingerprint density at radius 1 is 1.00 bits per heavy atom. The van der Waals surface area contributed by atoms with Crippen molar-refractivity contribution in [3.63, 3.8) is 0 Å². The molecule has 0 aromatic carbocycles. The summed E-state index contributed by atoms with van der Waals surface area (Å²) in [6, 6.07) is 0. The molecule has 4 saturated carbocycles. The maximum atomic E-state index is 5.60. The van der Waals surface area contributed by atoms with E-state index in [-0.39, 0.29) is 0 Å². The lowest BCUT2D eigenvalue weighted by Crippen LogP contribution is -2.47. The Bertz CT molecular complexity index is 432. The molecule has 2 N–H and O–H groups in total. The van der Waals surface area contributed by atoms with Crippen molar-refractivity contribution < 1.29 is 0 Å². The van der Waals surface area contributed by atoms with E-state index in [1.165, 1.54) is 50.0 Å². The van der Waals surface area contributed by atoms with Crippen LogP contribution >= 0.6 is 11.3 Å². The van der Waals surface area contributed by atoms with Crippen molar-refractivity contribution in [3.8, 4) is 0 Å². The second kappa shape index (κ2) is 4.52. The minimum Gasteiger partial charge on any atom is -0.330 e. The molecule has 5 rings (SSSR count). The zero-order valence-electron chi connectivity index (χ0n) is 11.5. The molecule has 1 heterocycles. The summed E-state index contributed by atoms with van der Waals surface area (Å²) in [7, 11) is 0. The molecule has 1 aromatic rings. The van der Waals surface area contributed by atoms with E-state index in [2.05, 4.69) is 10.2 Å². The van der Waals surface area contributed by atoms with Crippen molar-refractivity contribution >= 4 is 11.3 Å². The van der Waals surface area contributed by atoms with Crippen LogP contribution in [0.4, 0.5) is 0 Å². The van der Waals surface area contributed by atoms with E-state index in [9.17, 15) is 0 Å². The molecule has 104 valence electrons. The summed E-state index contributed by atoms with van der Waals surface area (Å²) in [6.45, 7) is 0.687. The van der Waals surface area contributed by atoms with Crippen LogP contribution in [0.3, 0.4) is 0 Å². The highest BCUT2D eigenvalue weighted by molar-refractivity contribution is 7.11. The van der Waals surface area contributed by atoms with Gasteiger partial charge in [0.15, 0.2) is 0 Å². The smallest absolute Gasteiger partial charge is 0.118 e. The third-order valence-corrected chi connectivity index (χ3v) is 6.54. The fourth-order valence-corrected chi connectivity index (χ4v) is 6.45. The van der Waals surface area contributed by atoms with Gasteiger partial charge in [0.05, 0.1) is 0 Å². The van der Waals surface area contributed by atoms with E-state index in [0.717, 1.165) is 29.2 Å². The van der Waals surface area contributed by atoms with Gasteiger partial charge in [-0.2, -0.15) is 0 Å². The highest BCUT2D eigenvalue weighted by Crippen LogP contribution is 2.61. The third-order valence-electron chi connectivity index (χ3n) is 5.56. The molecule has 0 unspecified atom stereocenters. The number of aromatic nitrogens is 2. The largest absolute Gasteiger partial charge is 0.330 e. The van der Waals surface area contributed by atoms with Crippen molar-refractivity contribution in [2.45, 2.75) is 51.4 Å². The Hall–Kier alpha value is -0.480. The second-order valence-electron chi connectivity index (χ2n) is 7.22. The Balaban J connectivity index is 1.52. The molecule has 3 nitrogen and oxygen atoms in total. The van der Waals surface area contributed by atoms with Gasteiger partial charge in [-0.15, -0.1) is 21.5 Å². The van der Waals surface area contributed by atoms with Gasteiger partial charge in [-0.3, -0.25) is 0 Å². The molecule has 0 atom stereocenters. The number of hydrogen-bond donors (Lipinski definition) is 1. The van der Waals surface area contributed by atoms with Crippen LogP contribution in [0.15, 0.2) is 0 Å². The SMILES string of the molecule is NCCc1nnc(CC23CC4CC(CC(C4)C2)C3)s1. The Labute approximate surface area is 119 Å². The van der Waals surface area contributed by atoms with Crippen molar-refractivity contribution in [1.82, 2.24) is 10.2 Å². The molecule has 1 aromatic heterocycles. The minimum absolute atomic E-state index is 0.592. The van der Waals surface area contributed by atoms with Gasteiger partial charge in [-0.05, 0) is 68.2 Å². The Morgan fingerprint density at radius 2 is 1.58 bits per heavy atom. The maximum absolute atomic E-state index is 5.60. The van der Waals surface area contributed by atoms with E-state index in [1.54, 1.807) is 11.3 Å². The lowest BCUT2D eigenvalue weighted by molar-refractivity contribution is -0.0522. The molecule has 4 fully saturated rings. The monoisotopic (exact) mass is 277 g/mol. The van der Waals surface area contributed by atoms with Gasteiger partial charge in [-0.1, -0.05) is 0 Å². The molecule has 19 heavy (non-hydrogen) atoms. The number of hydrogen-bond acceptors (Lipinski definition) is 4. The predicted octanol–water partition coefficient (Wildman–Crippen LogP) is 2.80. The fourth-order valence-electron chi connectivity index (χ4n) is 5.41. The van der Waals surface area contributed by atoms with Gasteiger partial charge in [0.1, 0.15) is 10.0 Å². The lowest BCUT2D eigenvalue weighted by atomic mass is 9.49. The molecule has 4 aliphatic carbocycles. The normalized spacial score (nSPS) is 39.9. The number of rotatable bonds is 4. The molecule has 0 amide bonds. The van der Waals surface area contributed by atoms with Crippen molar-refractivity contribution in [2.24, 2.45) is 28.9 Å². The quantitative estimate of drug-likeness (QED) is 0.920. The summed E-state index contributed by atoms with van der Waals surface area (Å²) < 4.78 is 0. The lowest BCUT2D eigenvalue weighted by Gasteiger charge is -2.56. The summed E-state index contributed by atoms with van der Waals surface area (Å²) in [5.74, 6) is 3.09. The van der Waals surface area contributed by atoms with E-state index < -0.39 is 0 Å². The average molecular weight is 277 g/mol. The van der Waals surface area contributed by atoms with Gasteiger partial charge < -0.3 is 5.73 Å².